The zero-order chi connectivity index (χ0) is 12.8. The van der Waals surface area contributed by atoms with E-state index in [1.807, 2.05) is 17.5 Å². The minimum absolute atomic E-state index is 0.371. The number of carbonyl (C=O) groups is 1. The van der Waals surface area contributed by atoms with Gasteiger partial charge >= 0.3 is 5.97 Å². The van der Waals surface area contributed by atoms with Gasteiger partial charge in [-0.05, 0) is 11.4 Å². The maximum absolute atomic E-state index is 11.6. The number of rotatable bonds is 6. The van der Waals surface area contributed by atoms with Crippen molar-refractivity contribution in [3.8, 4) is 0 Å². The number of thiophene rings is 1. The topological polar surface area (TPSA) is 81.0 Å². The van der Waals surface area contributed by atoms with E-state index in [0.29, 0.717) is 13.0 Å². The summed E-state index contributed by atoms with van der Waals surface area (Å²) in [5.74, 6) is -0.374. The van der Waals surface area contributed by atoms with Crippen molar-refractivity contribution in [2.45, 2.75) is 18.9 Å². The Labute approximate surface area is 109 Å². The molecule has 18 heavy (non-hydrogen) atoms. The number of nitrogens with two attached hydrogens (primary N) is 1. The molecule has 0 radical (unpaired) electrons. The van der Waals surface area contributed by atoms with E-state index in [0.717, 1.165) is 12.1 Å². The van der Waals surface area contributed by atoms with Crippen molar-refractivity contribution in [1.82, 2.24) is 9.97 Å². The first-order valence-electron chi connectivity index (χ1n) is 5.67. The molecule has 3 N–H and O–H groups in total. The number of H-pyrrole nitrogens is 1. The number of hydrogen-bond acceptors (Lipinski definition) is 5. The van der Waals surface area contributed by atoms with Crippen LogP contribution in [-0.4, -0.2) is 28.6 Å². The second-order valence-electron chi connectivity index (χ2n) is 3.88. The van der Waals surface area contributed by atoms with Gasteiger partial charge in [-0.3, -0.25) is 4.79 Å². The van der Waals surface area contributed by atoms with E-state index in [2.05, 4.69) is 9.97 Å². The third kappa shape index (κ3) is 3.68. The van der Waals surface area contributed by atoms with Crippen molar-refractivity contribution < 1.29 is 9.53 Å². The molecular formula is C12H15N3O2S. The van der Waals surface area contributed by atoms with Crippen molar-refractivity contribution in [1.29, 1.82) is 0 Å². The van der Waals surface area contributed by atoms with Crippen molar-refractivity contribution in [2.75, 3.05) is 6.61 Å². The van der Waals surface area contributed by atoms with Gasteiger partial charge in [0.15, 0.2) is 0 Å². The van der Waals surface area contributed by atoms with Crippen LogP contribution in [0, 0.1) is 0 Å². The predicted octanol–water partition coefficient (Wildman–Crippen LogP) is 1.13. The number of aromatic amines is 1. The van der Waals surface area contributed by atoms with E-state index in [1.54, 1.807) is 23.9 Å². The van der Waals surface area contributed by atoms with E-state index < -0.39 is 6.04 Å². The fraction of sp³-hybridized carbons (Fsp3) is 0.333. The van der Waals surface area contributed by atoms with E-state index in [-0.39, 0.29) is 5.97 Å². The van der Waals surface area contributed by atoms with Crippen LogP contribution >= 0.6 is 11.3 Å². The van der Waals surface area contributed by atoms with Crippen LogP contribution in [0.15, 0.2) is 30.0 Å². The molecule has 0 aliphatic carbocycles. The lowest BCUT2D eigenvalue weighted by Crippen LogP contribution is -2.34. The van der Waals surface area contributed by atoms with Gasteiger partial charge in [-0.1, -0.05) is 6.07 Å². The average molecular weight is 265 g/mol. The van der Waals surface area contributed by atoms with Gasteiger partial charge in [-0.15, -0.1) is 11.3 Å². The molecule has 0 spiro atoms. The van der Waals surface area contributed by atoms with Crippen LogP contribution in [0.3, 0.4) is 0 Å². The number of esters is 1. The number of imidazole rings is 1. The number of aromatic nitrogens is 2. The van der Waals surface area contributed by atoms with Crippen LogP contribution in [0.25, 0.3) is 0 Å². The molecule has 0 bridgehead atoms. The molecule has 1 atom stereocenters. The summed E-state index contributed by atoms with van der Waals surface area (Å²) in [6.07, 6.45) is 4.36. The molecule has 0 fully saturated rings. The lowest BCUT2D eigenvalue weighted by molar-refractivity contribution is -0.145. The molecule has 6 heteroatoms. The Morgan fingerprint density at radius 1 is 1.61 bits per heavy atom. The van der Waals surface area contributed by atoms with Gasteiger partial charge in [-0.25, -0.2) is 4.98 Å². The summed E-state index contributed by atoms with van der Waals surface area (Å²) in [7, 11) is 0. The van der Waals surface area contributed by atoms with Gasteiger partial charge < -0.3 is 15.5 Å². The fourth-order valence-corrected chi connectivity index (χ4v) is 2.22. The van der Waals surface area contributed by atoms with Crippen LogP contribution in [0.4, 0.5) is 0 Å². The summed E-state index contributed by atoms with van der Waals surface area (Å²) < 4.78 is 5.13. The maximum Gasteiger partial charge on any atom is 0.323 e. The molecule has 2 aromatic rings. The van der Waals surface area contributed by atoms with Crippen LogP contribution in [0.1, 0.15) is 10.6 Å². The SMILES string of the molecule is N[C@H](Cc1cnc[nH]1)C(=O)OCCc1cccs1. The van der Waals surface area contributed by atoms with Crippen molar-refractivity contribution in [3.63, 3.8) is 0 Å². The molecule has 0 unspecified atom stereocenters. The number of nitrogens with zero attached hydrogens (tertiary/aromatic N) is 1. The fourth-order valence-electron chi connectivity index (χ4n) is 1.53. The summed E-state index contributed by atoms with van der Waals surface area (Å²) in [5, 5.41) is 2.00. The molecule has 0 aliphatic heterocycles. The lowest BCUT2D eigenvalue weighted by atomic mass is 10.2. The third-order valence-corrected chi connectivity index (χ3v) is 3.41. The van der Waals surface area contributed by atoms with Crippen molar-refractivity contribution in [3.05, 3.63) is 40.6 Å². The zero-order valence-electron chi connectivity index (χ0n) is 9.83. The number of nitrogens with one attached hydrogen (secondary N) is 1. The Bertz CT molecular complexity index is 467. The minimum atomic E-state index is -0.645. The monoisotopic (exact) mass is 265 g/mol. The second kappa shape index (κ2) is 6.32. The van der Waals surface area contributed by atoms with Crippen molar-refractivity contribution >= 4 is 17.3 Å². The molecule has 0 saturated carbocycles. The Balaban J connectivity index is 1.70. The van der Waals surface area contributed by atoms with Gasteiger partial charge in [0.25, 0.3) is 0 Å². The van der Waals surface area contributed by atoms with Gasteiger partial charge in [0.1, 0.15) is 6.04 Å². The minimum Gasteiger partial charge on any atom is -0.464 e. The van der Waals surface area contributed by atoms with Crippen molar-refractivity contribution in [2.24, 2.45) is 5.73 Å². The predicted molar refractivity (Wildman–Crippen MR) is 69.2 cm³/mol. The summed E-state index contributed by atoms with van der Waals surface area (Å²) >= 11 is 1.65. The van der Waals surface area contributed by atoms with Crippen LogP contribution in [-0.2, 0) is 22.4 Å². The molecule has 96 valence electrons. The molecule has 0 saturated heterocycles. The highest BCUT2D eigenvalue weighted by molar-refractivity contribution is 7.09. The summed E-state index contributed by atoms with van der Waals surface area (Å²) in [6, 6.07) is 3.35. The van der Waals surface area contributed by atoms with Gasteiger partial charge in [0, 0.05) is 29.6 Å². The highest BCUT2D eigenvalue weighted by atomic mass is 32.1. The average Bonchev–Trinajstić information content (AvgIpc) is 3.01. The second-order valence-corrected chi connectivity index (χ2v) is 4.92. The summed E-state index contributed by atoms with van der Waals surface area (Å²) in [5.41, 5.74) is 6.58. The van der Waals surface area contributed by atoms with Gasteiger partial charge in [0.2, 0.25) is 0 Å². The van der Waals surface area contributed by atoms with Crippen LogP contribution in [0.2, 0.25) is 0 Å². The number of ether oxygens (including phenoxy) is 1. The normalized spacial score (nSPS) is 12.3. The maximum atomic E-state index is 11.6. The zero-order valence-corrected chi connectivity index (χ0v) is 10.7. The molecule has 0 aromatic carbocycles. The molecule has 0 aliphatic rings. The Morgan fingerprint density at radius 3 is 3.17 bits per heavy atom. The van der Waals surface area contributed by atoms with E-state index >= 15 is 0 Å². The largest absolute Gasteiger partial charge is 0.464 e. The van der Waals surface area contributed by atoms with Crippen LogP contribution < -0.4 is 5.73 Å². The van der Waals surface area contributed by atoms with E-state index in [9.17, 15) is 4.79 Å². The third-order valence-electron chi connectivity index (χ3n) is 2.47. The first-order valence-corrected chi connectivity index (χ1v) is 6.55. The first-order chi connectivity index (χ1) is 8.75. The van der Waals surface area contributed by atoms with Gasteiger partial charge in [-0.2, -0.15) is 0 Å². The first kappa shape index (κ1) is 12.8. The Hall–Kier alpha value is -1.66. The molecule has 2 heterocycles. The smallest absolute Gasteiger partial charge is 0.323 e. The quantitative estimate of drug-likeness (QED) is 0.767. The standard InChI is InChI=1S/C12H15N3O2S/c13-11(6-9-7-14-8-15-9)12(16)17-4-3-10-2-1-5-18-10/h1-2,5,7-8,11H,3-4,6,13H2,(H,14,15)/t11-/m1/s1. The molecule has 2 rings (SSSR count). The highest BCUT2D eigenvalue weighted by Gasteiger charge is 2.16. The van der Waals surface area contributed by atoms with Crippen LogP contribution in [0.5, 0.6) is 0 Å². The molecule has 0 amide bonds. The lowest BCUT2D eigenvalue weighted by Gasteiger charge is -2.10. The molecular weight excluding hydrogens is 250 g/mol. The van der Waals surface area contributed by atoms with E-state index in [1.165, 1.54) is 4.88 Å². The number of carbonyl (C=O) groups excluding carboxylic acids is 1. The Kier molecular flexibility index (Phi) is 4.49. The van der Waals surface area contributed by atoms with E-state index in [4.69, 9.17) is 10.5 Å². The highest BCUT2D eigenvalue weighted by Crippen LogP contribution is 2.09. The molecule has 2 aromatic heterocycles. The Morgan fingerprint density at radius 2 is 2.50 bits per heavy atom. The van der Waals surface area contributed by atoms with Gasteiger partial charge in [0.05, 0.1) is 12.9 Å². The molecule has 5 nitrogen and oxygen atoms in total. The summed E-state index contributed by atoms with van der Waals surface area (Å²) in [4.78, 5) is 19.6. The summed E-state index contributed by atoms with van der Waals surface area (Å²) in [6.45, 7) is 0.371. The number of hydrogen-bond donors (Lipinski definition) is 2.